The summed E-state index contributed by atoms with van der Waals surface area (Å²) < 4.78 is 36.6. The Hall–Kier alpha value is -0.880. The molecule has 0 heterocycles. The lowest BCUT2D eigenvalue weighted by molar-refractivity contribution is 0.501. The maximum absolute atomic E-state index is 9.99. The number of rotatable bonds is 0. The van der Waals surface area contributed by atoms with E-state index in [1.165, 1.54) is 0 Å². The van der Waals surface area contributed by atoms with E-state index in [1.54, 1.807) is 24.3 Å². The van der Waals surface area contributed by atoms with Gasteiger partial charge in [-0.05, 0) is 24.3 Å². The van der Waals surface area contributed by atoms with Crippen LogP contribution < -0.4 is 5.73 Å². The molecule has 1 rings (SSSR count). The molecule has 0 saturated heterocycles. The van der Waals surface area contributed by atoms with Gasteiger partial charge in [0.2, 0.25) is 0 Å². The van der Waals surface area contributed by atoms with Crippen molar-refractivity contribution in [3.05, 3.63) is 29.3 Å². The van der Waals surface area contributed by atoms with Crippen LogP contribution in [-0.4, -0.2) is 8.42 Å². The fraction of sp³-hybridized carbons (Fsp3) is 0. The molecule has 0 aliphatic rings. The monoisotopic (exact) mass is 229 g/mol. The van der Waals surface area contributed by atoms with Gasteiger partial charge in [0.05, 0.1) is 0 Å². The quantitative estimate of drug-likeness (QED) is 0.547. The van der Waals surface area contributed by atoms with Gasteiger partial charge in [0.15, 0.2) is 0 Å². The van der Waals surface area contributed by atoms with Gasteiger partial charge in [-0.2, -0.15) is 8.42 Å². The van der Waals surface area contributed by atoms with Gasteiger partial charge in [-0.25, -0.2) is 0 Å². The smallest absolute Gasteiger partial charge is 0.399 e. The Morgan fingerprint density at radius 2 is 1.46 bits per heavy atom. The SMILES string of the molecule is Nc1ccc(Cl)cc1.O=S(=O)(F)F. The van der Waals surface area contributed by atoms with Gasteiger partial charge in [0.25, 0.3) is 0 Å². The van der Waals surface area contributed by atoms with E-state index < -0.39 is 10.6 Å². The minimum absolute atomic E-state index is 0.721. The van der Waals surface area contributed by atoms with Crippen LogP contribution in [0.5, 0.6) is 0 Å². The zero-order valence-electron chi connectivity index (χ0n) is 6.25. The van der Waals surface area contributed by atoms with Crippen molar-refractivity contribution in [3.8, 4) is 0 Å². The van der Waals surface area contributed by atoms with Gasteiger partial charge >= 0.3 is 10.6 Å². The van der Waals surface area contributed by atoms with Gasteiger partial charge in [-0.3, -0.25) is 0 Å². The normalized spacial score (nSPS) is 10.1. The first-order valence-electron chi connectivity index (χ1n) is 2.94. The van der Waals surface area contributed by atoms with Crippen molar-refractivity contribution in [2.75, 3.05) is 5.73 Å². The van der Waals surface area contributed by atoms with E-state index in [2.05, 4.69) is 0 Å². The molecule has 0 unspecified atom stereocenters. The topological polar surface area (TPSA) is 60.2 Å². The second-order valence-electron chi connectivity index (χ2n) is 1.93. The molecule has 0 aliphatic heterocycles. The zero-order valence-corrected chi connectivity index (χ0v) is 7.82. The van der Waals surface area contributed by atoms with Crippen molar-refractivity contribution in [1.29, 1.82) is 0 Å². The molecule has 3 nitrogen and oxygen atoms in total. The van der Waals surface area contributed by atoms with Gasteiger partial charge in [0, 0.05) is 10.7 Å². The molecule has 0 fully saturated rings. The molecule has 0 radical (unpaired) electrons. The van der Waals surface area contributed by atoms with E-state index in [4.69, 9.17) is 25.8 Å². The highest BCUT2D eigenvalue weighted by Gasteiger charge is 1.94. The Morgan fingerprint density at radius 3 is 1.69 bits per heavy atom. The minimum Gasteiger partial charge on any atom is -0.399 e. The molecule has 0 aliphatic carbocycles. The molecule has 1 aromatic rings. The second kappa shape index (κ2) is 4.98. The van der Waals surface area contributed by atoms with Gasteiger partial charge in [-0.15, -0.1) is 0 Å². The summed E-state index contributed by atoms with van der Waals surface area (Å²) in [5.41, 5.74) is 6.11. The number of benzene rings is 1. The minimum atomic E-state index is -5.67. The Balaban J connectivity index is 0.000000252. The summed E-state index contributed by atoms with van der Waals surface area (Å²) >= 11 is 5.56. The average Bonchev–Trinajstić information content (AvgIpc) is 1.92. The van der Waals surface area contributed by atoms with E-state index in [0.717, 1.165) is 10.7 Å². The molecule has 0 aromatic heterocycles. The first-order valence-corrected chi connectivity index (χ1v) is 4.60. The Kier molecular flexibility index (Phi) is 4.64. The molecule has 0 amide bonds. The van der Waals surface area contributed by atoms with Crippen LogP contribution in [0.1, 0.15) is 0 Å². The summed E-state index contributed by atoms with van der Waals surface area (Å²) in [6.07, 6.45) is 0. The summed E-state index contributed by atoms with van der Waals surface area (Å²) in [5, 5.41) is 0.721. The third-order valence-electron chi connectivity index (χ3n) is 0.870. The van der Waals surface area contributed by atoms with Crippen LogP contribution in [0.4, 0.5) is 13.5 Å². The lowest BCUT2D eigenvalue weighted by Gasteiger charge is -1.88. The van der Waals surface area contributed by atoms with Gasteiger partial charge in [-0.1, -0.05) is 19.4 Å². The van der Waals surface area contributed by atoms with Crippen molar-refractivity contribution < 1.29 is 16.2 Å². The predicted molar refractivity (Wildman–Crippen MR) is 47.0 cm³/mol. The highest BCUT2D eigenvalue weighted by molar-refractivity contribution is 7.81. The zero-order chi connectivity index (χ0) is 10.5. The number of hydrogen-bond acceptors (Lipinski definition) is 3. The maximum Gasteiger partial charge on any atom is 0.476 e. The van der Waals surface area contributed by atoms with E-state index in [-0.39, 0.29) is 0 Å². The molecule has 0 saturated carbocycles. The molecule has 7 heteroatoms. The van der Waals surface area contributed by atoms with E-state index >= 15 is 0 Å². The number of anilines is 1. The Bertz CT molecular complexity index is 322. The average molecular weight is 230 g/mol. The third kappa shape index (κ3) is 11.1. The predicted octanol–water partition coefficient (Wildman–Crippen LogP) is 2.09. The van der Waals surface area contributed by atoms with Crippen LogP contribution in [0.25, 0.3) is 0 Å². The van der Waals surface area contributed by atoms with Crippen molar-refractivity contribution in [2.45, 2.75) is 0 Å². The van der Waals surface area contributed by atoms with Crippen LogP contribution in [0.3, 0.4) is 0 Å². The van der Waals surface area contributed by atoms with Crippen LogP contribution in [0.15, 0.2) is 24.3 Å². The van der Waals surface area contributed by atoms with Gasteiger partial charge < -0.3 is 5.73 Å². The fourth-order valence-electron chi connectivity index (χ4n) is 0.463. The lowest BCUT2D eigenvalue weighted by Crippen LogP contribution is -1.80. The Morgan fingerprint density at radius 1 is 1.15 bits per heavy atom. The lowest BCUT2D eigenvalue weighted by atomic mass is 10.3. The number of nitrogen functional groups attached to an aromatic ring is 1. The molecular formula is C6H6ClF2NO2S. The summed E-state index contributed by atoms with van der Waals surface area (Å²) in [4.78, 5) is 0. The summed E-state index contributed by atoms with van der Waals surface area (Å²) in [5.74, 6) is 0. The molecule has 74 valence electrons. The largest absolute Gasteiger partial charge is 0.476 e. The molecule has 0 atom stereocenters. The highest BCUT2D eigenvalue weighted by Crippen LogP contribution is 2.09. The van der Waals surface area contributed by atoms with E-state index in [0.29, 0.717) is 0 Å². The van der Waals surface area contributed by atoms with E-state index in [9.17, 15) is 7.77 Å². The molecule has 13 heavy (non-hydrogen) atoms. The van der Waals surface area contributed by atoms with Gasteiger partial charge in [0.1, 0.15) is 0 Å². The summed E-state index contributed by atoms with van der Waals surface area (Å²) in [6.45, 7) is 0. The van der Waals surface area contributed by atoms with E-state index in [1.807, 2.05) is 0 Å². The van der Waals surface area contributed by atoms with Crippen molar-refractivity contribution in [3.63, 3.8) is 0 Å². The number of halogens is 3. The molecular weight excluding hydrogens is 224 g/mol. The third-order valence-corrected chi connectivity index (χ3v) is 1.12. The fourth-order valence-corrected chi connectivity index (χ4v) is 0.589. The highest BCUT2D eigenvalue weighted by atomic mass is 35.5. The van der Waals surface area contributed by atoms with Crippen LogP contribution in [0.2, 0.25) is 5.02 Å². The number of nitrogens with two attached hydrogens (primary N) is 1. The molecule has 1 aromatic carbocycles. The standard InChI is InChI=1S/C6H6ClN.F2O2S/c7-5-1-3-6(8)4-2-5;1-5(2,3)4/h1-4H,8H2;. The first kappa shape index (κ1) is 12.1. The second-order valence-corrected chi connectivity index (χ2v) is 3.12. The molecule has 0 spiro atoms. The van der Waals surface area contributed by atoms with Crippen molar-refractivity contribution in [1.82, 2.24) is 0 Å². The van der Waals surface area contributed by atoms with Crippen molar-refractivity contribution in [2.24, 2.45) is 0 Å². The molecule has 2 N–H and O–H groups in total. The van der Waals surface area contributed by atoms with Crippen LogP contribution in [0, 0.1) is 0 Å². The number of hydrogen-bond donors (Lipinski definition) is 1. The Labute approximate surface area is 79.6 Å². The summed E-state index contributed by atoms with van der Waals surface area (Å²) in [7, 11) is -5.67. The van der Waals surface area contributed by atoms with Crippen LogP contribution in [-0.2, 0) is 10.6 Å². The maximum atomic E-state index is 9.99. The molecule has 0 bridgehead atoms. The first-order chi connectivity index (χ1) is 5.79. The van der Waals surface area contributed by atoms with Crippen molar-refractivity contribution >= 4 is 27.9 Å². The van der Waals surface area contributed by atoms with Crippen LogP contribution >= 0.6 is 11.6 Å². The summed E-state index contributed by atoms with van der Waals surface area (Å²) in [6, 6.07) is 7.05.